The Kier molecular flexibility index (Phi) is 55.4. The molecule has 0 spiro atoms. The second-order valence-electron chi connectivity index (χ2n) is 24.1. The average molecular weight is 1130 g/mol. The fraction of sp³-hybridized carbons (Fsp3) is 0.941. The predicted molar refractivity (Wildman–Crippen MR) is 335 cm³/mol. The van der Waals surface area contributed by atoms with Gasteiger partial charge in [-0.15, -0.1) is 0 Å². The first-order valence-corrected chi connectivity index (χ1v) is 34.8. The van der Waals surface area contributed by atoms with Gasteiger partial charge in [-0.05, 0) is 71.6 Å². The number of piperazine rings is 1. The van der Waals surface area contributed by atoms with Gasteiger partial charge in [0.2, 0.25) is 0 Å². The summed E-state index contributed by atoms with van der Waals surface area (Å²) in [6.07, 6.45) is 49.1. The molecule has 1 fully saturated rings. The van der Waals surface area contributed by atoms with E-state index in [1.54, 1.807) is 0 Å². The van der Waals surface area contributed by atoms with Gasteiger partial charge in [0.15, 0.2) is 0 Å². The van der Waals surface area contributed by atoms with Gasteiger partial charge in [0.25, 0.3) is 0 Å². The monoisotopic (exact) mass is 1130 g/mol. The van der Waals surface area contributed by atoms with Gasteiger partial charge in [-0.3, -0.25) is 24.1 Å². The number of hydrogen-bond acceptors (Lipinski definition) is 12. The number of esters is 4. The zero-order valence-electron chi connectivity index (χ0n) is 53.6. The van der Waals surface area contributed by atoms with Crippen molar-refractivity contribution in [3.63, 3.8) is 0 Å². The lowest BCUT2D eigenvalue weighted by Crippen LogP contribution is -2.52. The lowest BCUT2D eigenvalue weighted by Gasteiger charge is -2.40. The van der Waals surface area contributed by atoms with E-state index >= 15 is 0 Å². The molecule has 0 bridgehead atoms. The van der Waals surface area contributed by atoms with Gasteiger partial charge in [-0.2, -0.15) is 0 Å². The molecular formula is C68H132N4O8. The van der Waals surface area contributed by atoms with Crippen LogP contribution >= 0.6 is 0 Å². The molecule has 0 N–H and O–H groups in total. The van der Waals surface area contributed by atoms with Gasteiger partial charge in [0, 0.05) is 51.9 Å². The zero-order valence-corrected chi connectivity index (χ0v) is 53.6. The van der Waals surface area contributed by atoms with E-state index in [2.05, 4.69) is 54.2 Å². The highest BCUT2D eigenvalue weighted by Gasteiger charge is 2.24. The molecule has 0 aliphatic carbocycles. The highest BCUT2D eigenvalue weighted by molar-refractivity contribution is 5.71. The van der Waals surface area contributed by atoms with Crippen molar-refractivity contribution >= 4 is 23.9 Å². The van der Waals surface area contributed by atoms with Crippen molar-refractivity contribution in [3.8, 4) is 0 Å². The first-order valence-electron chi connectivity index (χ1n) is 34.8. The minimum absolute atomic E-state index is 0.142. The van der Waals surface area contributed by atoms with E-state index < -0.39 is 0 Å². The lowest BCUT2D eigenvalue weighted by molar-refractivity contribution is -0.146. The van der Waals surface area contributed by atoms with E-state index in [4.69, 9.17) is 18.9 Å². The first kappa shape index (κ1) is 75.7. The minimum atomic E-state index is -0.144. The number of ether oxygens (including phenoxy) is 4. The fourth-order valence-corrected chi connectivity index (χ4v) is 11.2. The third-order valence-electron chi connectivity index (χ3n) is 16.5. The molecule has 1 aliphatic rings. The summed E-state index contributed by atoms with van der Waals surface area (Å²) in [6, 6.07) is 0.409. The standard InChI is InChI=1S/C68H132N4O8/c1-6-10-14-18-22-26-30-34-38-42-62-78-66(74)46-54-69(53-45-65(73)77-59-39-35-31-27-23-19-15-11-7-2)49-43-51-71-57-58-72(64(5)63-71)52-44-50-70(55-47-67(75)79-60-40-36-32-28-24-20-16-12-8-3)56-48-68(76)80-61-41-37-33-29-25-21-17-13-9-4/h64H,6-63H2,1-5H3/t64-/m1/s1. The van der Waals surface area contributed by atoms with Gasteiger partial charge < -0.3 is 33.6 Å². The van der Waals surface area contributed by atoms with Gasteiger partial charge in [0.05, 0.1) is 52.1 Å². The van der Waals surface area contributed by atoms with Crippen LogP contribution in [0.3, 0.4) is 0 Å². The second kappa shape index (κ2) is 58.5. The Morgan fingerprint density at radius 2 is 0.575 bits per heavy atom. The molecule has 0 saturated carbocycles. The zero-order chi connectivity index (χ0) is 58.0. The van der Waals surface area contributed by atoms with Crippen molar-refractivity contribution in [3.05, 3.63) is 0 Å². The Morgan fingerprint density at radius 1 is 0.325 bits per heavy atom. The summed E-state index contributed by atoms with van der Waals surface area (Å²) in [5.41, 5.74) is 0. The van der Waals surface area contributed by atoms with Crippen LogP contribution in [0.5, 0.6) is 0 Å². The predicted octanol–water partition coefficient (Wildman–Crippen LogP) is 16.6. The van der Waals surface area contributed by atoms with E-state index in [1.807, 2.05) is 0 Å². The molecule has 1 aliphatic heterocycles. The number of carbonyl (C=O) groups excluding carboxylic acids is 4. The minimum Gasteiger partial charge on any atom is -0.466 e. The summed E-state index contributed by atoms with van der Waals surface area (Å²) in [5, 5.41) is 0. The number of carbonyl (C=O) groups is 4. The maximum Gasteiger partial charge on any atom is 0.307 e. The van der Waals surface area contributed by atoms with Crippen molar-refractivity contribution in [1.82, 2.24) is 19.6 Å². The van der Waals surface area contributed by atoms with Gasteiger partial charge in [0.1, 0.15) is 0 Å². The van der Waals surface area contributed by atoms with Gasteiger partial charge >= 0.3 is 23.9 Å². The second-order valence-corrected chi connectivity index (χ2v) is 24.1. The van der Waals surface area contributed by atoms with Crippen LogP contribution in [0, 0.1) is 0 Å². The van der Waals surface area contributed by atoms with E-state index in [0.29, 0.717) is 84.3 Å². The molecule has 12 heteroatoms. The Labute approximate surface area is 494 Å². The molecule has 1 rings (SSSR count). The van der Waals surface area contributed by atoms with Crippen LogP contribution in [-0.2, 0) is 38.1 Å². The molecule has 1 heterocycles. The number of nitrogens with zero attached hydrogens (tertiary/aromatic N) is 4. The highest BCUT2D eigenvalue weighted by atomic mass is 16.5. The smallest absolute Gasteiger partial charge is 0.307 e. The molecule has 1 atom stereocenters. The Bertz CT molecular complexity index is 1350. The molecule has 80 heavy (non-hydrogen) atoms. The van der Waals surface area contributed by atoms with E-state index in [-0.39, 0.29) is 23.9 Å². The third kappa shape index (κ3) is 50.3. The van der Waals surface area contributed by atoms with Crippen LogP contribution in [0.2, 0.25) is 0 Å². The maximum absolute atomic E-state index is 12.9. The van der Waals surface area contributed by atoms with Crippen LogP contribution in [0.15, 0.2) is 0 Å². The summed E-state index contributed by atoms with van der Waals surface area (Å²) in [7, 11) is 0. The number of hydrogen-bond donors (Lipinski definition) is 0. The normalized spacial score (nSPS) is 14.1. The summed E-state index contributed by atoms with van der Waals surface area (Å²) >= 11 is 0. The molecule has 0 aromatic rings. The molecule has 0 amide bonds. The van der Waals surface area contributed by atoms with Crippen LogP contribution in [0.25, 0.3) is 0 Å². The summed E-state index contributed by atoms with van der Waals surface area (Å²) < 4.78 is 22.7. The van der Waals surface area contributed by atoms with Crippen molar-refractivity contribution in [2.45, 2.75) is 317 Å². The van der Waals surface area contributed by atoms with E-state index in [9.17, 15) is 19.2 Å². The van der Waals surface area contributed by atoms with Crippen molar-refractivity contribution < 1.29 is 38.1 Å². The maximum atomic E-state index is 12.9. The molecule has 1 saturated heterocycles. The topological polar surface area (TPSA) is 118 Å². The molecule has 0 aromatic carbocycles. The van der Waals surface area contributed by atoms with E-state index in [0.717, 1.165) is 110 Å². The van der Waals surface area contributed by atoms with Crippen LogP contribution in [0.1, 0.15) is 311 Å². The summed E-state index contributed by atoms with van der Waals surface area (Å²) in [4.78, 5) is 61.1. The quantitative estimate of drug-likeness (QED) is 0.0328. The Morgan fingerprint density at radius 3 is 0.838 bits per heavy atom. The molecule has 472 valence electrons. The summed E-state index contributed by atoms with van der Waals surface area (Å²) in [5.74, 6) is -0.573. The van der Waals surface area contributed by atoms with Crippen LogP contribution < -0.4 is 0 Å². The molecule has 12 nitrogen and oxygen atoms in total. The van der Waals surface area contributed by atoms with Gasteiger partial charge in [-0.1, -0.05) is 240 Å². The molecular weight excluding hydrogens is 1000 g/mol. The van der Waals surface area contributed by atoms with Crippen molar-refractivity contribution in [2.75, 3.05) is 98.4 Å². The van der Waals surface area contributed by atoms with Crippen LogP contribution in [-0.4, -0.2) is 148 Å². The fourth-order valence-electron chi connectivity index (χ4n) is 11.2. The largest absolute Gasteiger partial charge is 0.466 e. The molecule has 0 aromatic heterocycles. The third-order valence-corrected chi connectivity index (χ3v) is 16.5. The highest BCUT2D eigenvalue weighted by Crippen LogP contribution is 2.16. The van der Waals surface area contributed by atoms with Crippen molar-refractivity contribution in [2.24, 2.45) is 0 Å². The summed E-state index contributed by atoms with van der Waals surface area (Å²) in [6.45, 7) is 22.3. The van der Waals surface area contributed by atoms with Crippen LogP contribution in [0.4, 0.5) is 0 Å². The first-order chi connectivity index (χ1) is 39.2. The van der Waals surface area contributed by atoms with Crippen molar-refractivity contribution in [1.29, 1.82) is 0 Å². The van der Waals surface area contributed by atoms with Gasteiger partial charge in [-0.25, -0.2) is 0 Å². The average Bonchev–Trinajstić information content (AvgIpc) is 3.45. The lowest BCUT2D eigenvalue weighted by atomic mass is 10.1. The Balaban J connectivity index is 2.62. The number of unbranched alkanes of at least 4 members (excludes halogenated alkanes) is 33. The SMILES string of the molecule is CCCCCCCCCCCCOC(=O)CCN(CCCN1CCN(CCCN(CCC(=O)OCCCCCCCCCCC)CCC(=O)OCCCCCCCCCCC)[C@H](C)C1)CCC(=O)OCCCCCCCCCCC. The molecule has 0 unspecified atom stereocenters. The van der Waals surface area contributed by atoms with E-state index in [1.165, 1.54) is 186 Å². The Hall–Kier alpha value is -2.28. The number of rotatable bonds is 61. The molecule has 0 radical (unpaired) electrons.